The molecule has 1 aliphatic heterocycles. The SMILES string of the molecule is Cn1cc(-c2ccc3c(c2F)CC[N+]3(C)C(=O)Cc2cccc(C(F)(F)F)n2)c2c(N)ncnc21. The van der Waals surface area contributed by atoms with E-state index in [2.05, 4.69) is 15.0 Å². The number of hydrogen-bond acceptors (Lipinski definition) is 5. The van der Waals surface area contributed by atoms with E-state index < -0.39 is 17.7 Å². The normalized spacial score (nSPS) is 17.7. The minimum absolute atomic E-state index is 0.0148. The van der Waals surface area contributed by atoms with Gasteiger partial charge in [-0.2, -0.15) is 13.2 Å². The monoisotopic (exact) mass is 485 g/mol. The standard InChI is InChI=1S/C24H21F4N6O/c1-33-11-16(20-22(29)30-12-31-23(20)33)14-6-7-17-15(21(14)25)8-9-34(17,2)19(35)10-13-4-3-5-18(32-13)24(26,27)28/h3-7,11-12H,8-10H2,1-2H3,(H2,29,30,31)/q+1. The van der Waals surface area contributed by atoms with Crippen molar-refractivity contribution in [2.75, 3.05) is 19.3 Å². The number of likely N-dealkylation sites (N-methyl/N-ethyl adjacent to an activating group) is 1. The van der Waals surface area contributed by atoms with Gasteiger partial charge in [-0.05, 0) is 18.2 Å². The summed E-state index contributed by atoms with van der Waals surface area (Å²) in [4.78, 5) is 25.1. The van der Waals surface area contributed by atoms with Crippen molar-refractivity contribution in [3.05, 3.63) is 65.6 Å². The number of nitrogens with two attached hydrogens (primary N) is 1. The summed E-state index contributed by atoms with van der Waals surface area (Å²) in [6.45, 7) is 0.286. The van der Waals surface area contributed by atoms with Crippen molar-refractivity contribution in [3.63, 3.8) is 0 Å². The van der Waals surface area contributed by atoms with Crippen LogP contribution in [0.2, 0.25) is 0 Å². The lowest BCUT2D eigenvalue weighted by molar-refractivity contribution is -0.141. The maximum atomic E-state index is 15.8. The molecule has 180 valence electrons. The first-order valence-electron chi connectivity index (χ1n) is 10.8. The van der Waals surface area contributed by atoms with E-state index in [1.165, 1.54) is 18.5 Å². The van der Waals surface area contributed by atoms with Crippen LogP contribution in [0.25, 0.3) is 22.2 Å². The topological polar surface area (TPSA) is 86.7 Å². The predicted octanol–water partition coefficient (Wildman–Crippen LogP) is 4.03. The van der Waals surface area contributed by atoms with Crippen molar-refractivity contribution in [2.45, 2.75) is 19.0 Å². The molecule has 7 nitrogen and oxygen atoms in total. The molecule has 0 radical (unpaired) electrons. The lowest BCUT2D eigenvalue weighted by atomic mass is 10.0. The Morgan fingerprint density at radius 2 is 1.94 bits per heavy atom. The number of amides is 1. The Kier molecular flexibility index (Phi) is 5.13. The quantitative estimate of drug-likeness (QED) is 0.350. The molecule has 1 aromatic carbocycles. The van der Waals surface area contributed by atoms with Crippen molar-refractivity contribution < 1.29 is 22.4 Å². The van der Waals surface area contributed by atoms with Gasteiger partial charge in [0.25, 0.3) is 0 Å². The summed E-state index contributed by atoms with van der Waals surface area (Å²) >= 11 is 0. The number of halogens is 4. The molecule has 1 unspecified atom stereocenters. The molecule has 35 heavy (non-hydrogen) atoms. The second kappa shape index (κ2) is 7.84. The molecular weight excluding hydrogens is 464 g/mol. The van der Waals surface area contributed by atoms with Gasteiger partial charge < -0.3 is 10.3 Å². The van der Waals surface area contributed by atoms with E-state index in [9.17, 15) is 18.0 Å². The lowest BCUT2D eigenvalue weighted by Crippen LogP contribution is -2.50. The average Bonchev–Trinajstić information content (AvgIpc) is 3.33. The van der Waals surface area contributed by atoms with Crippen LogP contribution in [0.3, 0.4) is 0 Å². The van der Waals surface area contributed by atoms with Crippen molar-refractivity contribution >= 4 is 28.4 Å². The number of anilines is 1. The van der Waals surface area contributed by atoms with E-state index in [1.807, 2.05) is 0 Å². The third-order valence-electron chi connectivity index (χ3n) is 6.61. The fourth-order valence-corrected chi connectivity index (χ4v) is 4.74. The number of pyridine rings is 1. The van der Waals surface area contributed by atoms with Crippen LogP contribution >= 0.6 is 0 Å². The zero-order chi connectivity index (χ0) is 25.1. The van der Waals surface area contributed by atoms with Gasteiger partial charge in [0.2, 0.25) is 0 Å². The number of alkyl halides is 3. The van der Waals surface area contributed by atoms with Gasteiger partial charge in [0.05, 0.1) is 30.2 Å². The largest absolute Gasteiger partial charge is 0.433 e. The summed E-state index contributed by atoms with van der Waals surface area (Å²) in [6, 6.07) is 6.75. The molecule has 0 saturated carbocycles. The molecule has 4 aromatic rings. The van der Waals surface area contributed by atoms with Crippen LogP contribution in [0.1, 0.15) is 17.0 Å². The Morgan fingerprint density at radius 3 is 2.69 bits per heavy atom. The van der Waals surface area contributed by atoms with Gasteiger partial charge in [0.1, 0.15) is 41.4 Å². The first-order valence-corrected chi connectivity index (χ1v) is 10.8. The molecular formula is C24H21F4N6O+. The van der Waals surface area contributed by atoms with Crippen molar-refractivity contribution in [3.8, 4) is 11.1 Å². The molecule has 2 N–H and O–H groups in total. The van der Waals surface area contributed by atoms with Gasteiger partial charge in [0.15, 0.2) is 0 Å². The highest BCUT2D eigenvalue weighted by Crippen LogP contribution is 2.42. The molecule has 1 aliphatic rings. The molecule has 3 aromatic heterocycles. The van der Waals surface area contributed by atoms with Crippen LogP contribution in [0.4, 0.5) is 29.1 Å². The fraction of sp³-hybridized carbons (Fsp3) is 0.250. The summed E-state index contributed by atoms with van der Waals surface area (Å²) < 4.78 is 56.3. The number of hydrogen-bond donors (Lipinski definition) is 1. The van der Waals surface area contributed by atoms with Crippen LogP contribution in [0.5, 0.6) is 0 Å². The van der Waals surface area contributed by atoms with Gasteiger partial charge in [-0.15, -0.1) is 0 Å². The number of fused-ring (bicyclic) bond motifs is 2. The van der Waals surface area contributed by atoms with Crippen LogP contribution in [0.15, 0.2) is 42.9 Å². The third-order valence-corrected chi connectivity index (χ3v) is 6.61. The van der Waals surface area contributed by atoms with Crippen molar-refractivity contribution in [1.82, 2.24) is 24.0 Å². The van der Waals surface area contributed by atoms with E-state index in [0.717, 1.165) is 6.07 Å². The number of carbonyl (C=O) groups excluding carboxylic acids is 1. The molecule has 0 saturated heterocycles. The Morgan fingerprint density at radius 1 is 1.17 bits per heavy atom. The van der Waals surface area contributed by atoms with E-state index in [1.54, 1.807) is 37.0 Å². The number of quaternary nitrogens is 1. The molecule has 1 amide bonds. The molecule has 0 bridgehead atoms. The van der Waals surface area contributed by atoms with Gasteiger partial charge >= 0.3 is 12.1 Å². The molecule has 5 rings (SSSR count). The highest BCUT2D eigenvalue weighted by atomic mass is 19.4. The Bertz CT molecular complexity index is 1500. The smallest absolute Gasteiger partial charge is 0.383 e. The Hall–Kier alpha value is -3.86. The summed E-state index contributed by atoms with van der Waals surface area (Å²) in [7, 11) is 3.42. The van der Waals surface area contributed by atoms with Gasteiger partial charge in [-0.3, -0.25) is 0 Å². The number of aryl methyl sites for hydroxylation is 1. The predicted molar refractivity (Wildman–Crippen MR) is 123 cm³/mol. The zero-order valence-electron chi connectivity index (χ0n) is 18.9. The molecule has 0 spiro atoms. The van der Waals surface area contributed by atoms with Gasteiger partial charge in [-0.25, -0.2) is 28.6 Å². The third kappa shape index (κ3) is 3.63. The first kappa shape index (κ1) is 22.9. The second-order valence-corrected chi connectivity index (χ2v) is 8.78. The van der Waals surface area contributed by atoms with Gasteiger partial charge in [-0.1, -0.05) is 6.07 Å². The van der Waals surface area contributed by atoms with Gasteiger partial charge in [0, 0.05) is 36.9 Å². The summed E-state index contributed by atoms with van der Waals surface area (Å²) in [5, 5.41) is 0.538. The van der Waals surface area contributed by atoms with E-state index in [4.69, 9.17) is 5.73 Å². The van der Waals surface area contributed by atoms with Crippen molar-refractivity contribution in [2.24, 2.45) is 7.05 Å². The summed E-state index contributed by atoms with van der Waals surface area (Å²) in [5.74, 6) is -0.606. The first-order chi connectivity index (χ1) is 16.5. The highest BCUT2D eigenvalue weighted by molar-refractivity contribution is 6.01. The number of benzene rings is 1. The molecule has 1 atom stereocenters. The van der Waals surface area contributed by atoms with Crippen LogP contribution in [-0.2, 0) is 30.9 Å². The minimum Gasteiger partial charge on any atom is -0.383 e. The van der Waals surface area contributed by atoms with Crippen LogP contribution < -0.4 is 10.2 Å². The number of carbonyl (C=O) groups is 1. The van der Waals surface area contributed by atoms with E-state index >= 15 is 4.39 Å². The van der Waals surface area contributed by atoms with Crippen molar-refractivity contribution in [1.29, 1.82) is 0 Å². The maximum Gasteiger partial charge on any atom is 0.433 e. The number of nitrogens with zero attached hydrogens (tertiary/aromatic N) is 5. The summed E-state index contributed by atoms with van der Waals surface area (Å²) in [6.07, 6.45) is -1.54. The molecule has 11 heteroatoms. The Labute approximate surface area is 197 Å². The summed E-state index contributed by atoms with van der Waals surface area (Å²) in [5.41, 5.74) is 7.31. The fourth-order valence-electron chi connectivity index (χ4n) is 4.74. The van der Waals surface area contributed by atoms with E-state index in [-0.39, 0.29) is 34.9 Å². The molecule has 0 aliphatic carbocycles. The average molecular weight is 485 g/mol. The minimum atomic E-state index is -4.60. The number of aromatic nitrogens is 4. The lowest BCUT2D eigenvalue weighted by Gasteiger charge is -2.27. The number of rotatable bonds is 3. The maximum absolute atomic E-state index is 15.8. The molecule has 4 heterocycles. The molecule has 0 fully saturated rings. The second-order valence-electron chi connectivity index (χ2n) is 8.78. The highest BCUT2D eigenvalue weighted by Gasteiger charge is 2.43. The van der Waals surface area contributed by atoms with Crippen LogP contribution in [0, 0.1) is 5.82 Å². The zero-order valence-corrected chi connectivity index (χ0v) is 18.9. The Balaban J connectivity index is 1.52. The van der Waals surface area contributed by atoms with Crippen LogP contribution in [-0.4, -0.2) is 39.0 Å². The number of nitrogen functional groups attached to an aromatic ring is 1. The van der Waals surface area contributed by atoms with E-state index in [0.29, 0.717) is 39.8 Å².